The first kappa shape index (κ1) is 32.7. The fourth-order valence-electron chi connectivity index (χ4n) is 5.66. The summed E-state index contributed by atoms with van der Waals surface area (Å²) in [4.78, 5) is 0. The van der Waals surface area contributed by atoms with Gasteiger partial charge in [-0.05, 0) is 110 Å². The van der Waals surface area contributed by atoms with Gasteiger partial charge in [0.1, 0.15) is 26.4 Å². The Labute approximate surface area is 283 Å². The van der Waals surface area contributed by atoms with E-state index in [1.807, 2.05) is 48.5 Å². The zero-order valence-corrected chi connectivity index (χ0v) is 27.6. The highest BCUT2D eigenvalue weighted by molar-refractivity contribution is 5.44. The summed E-state index contributed by atoms with van der Waals surface area (Å²) in [5.41, 5.74) is 2.51. The van der Waals surface area contributed by atoms with Gasteiger partial charge in [-0.25, -0.2) is 0 Å². The Morgan fingerprint density at radius 3 is 0.958 bits per heavy atom. The van der Waals surface area contributed by atoms with E-state index in [-0.39, 0.29) is 0 Å². The van der Waals surface area contributed by atoms with Gasteiger partial charge in [-0.2, -0.15) is 0 Å². The van der Waals surface area contributed by atoms with Crippen LogP contribution < -0.4 is 18.9 Å². The van der Waals surface area contributed by atoms with Crippen LogP contribution in [0.25, 0.3) is 0 Å². The molecule has 0 unspecified atom stereocenters. The molecule has 4 aromatic heterocycles. The summed E-state index contributed by atoms with van der Waals surface area (Å²) in [7, 11) is 0. The van der Waals surface area contributed by atoms with Crippen molar-refractivity contribution >= 4 is 0 Å². The second-order valence-electron chi connectivity index (χ2n) is 11.8. The second kappa shape index (κ2) is 17.6. The normalized spacial score (nSPS) is 11.1. The third-order valence-electron chi connectivity index (χ3n) is 8.29. The molecule has 0 fully saturated rings. The number of ether oxygens (including phenoxy) is 4. The number of rotatable bonds is 21. The summed E-state index contributed by atoms with van der Waals surface area (Å²) in [6.07, 6.45) is 20.5. The van der Waals surface area contributed by atoms with Crippen molar-refractivity contribution in [3.8, 4) is 23.0 Å². The molecule has 0 atom stereocenters. The maximum atomic E-state index is 6.26. The summed E-state index contributed by atoms with van der Waals surface area (Å²) in [5.74, 6) is 3.19. The van der Waals surface area contributed by atoms with Gasteiger partial charge in [0.2, 0.25) is 0 Å². The molecule has 0 aliphatic heterocycles. The quantitative estimate of drug-likeness (QED) is 0.0750. The first-order valence-electron chi connectivity index (χ1n) is 17.0. The molecule has 0 saturated carbocycles. The lowest BCUT2D eigenvalue weighted by atomic mass is 10.0. The first-order valence-corrected chi connectivity index (χ1v) is 17.0. The Morgan fingerprint density at radius 1 is 0.354 bits per heavy atom. The molecular formula is C40H46N4O4. The van der Waals surface area contributed by atoms with Crippen LogP contribution in [0.2, 0.25) is 0 Å². The molecule has 6 aromatic rings. The van der Waals surface area contributed by atoms with Gasteiger partial charge in [-0.15, -0.1) is 0 Å². The lowest BCUT2D eigenvalue weighted by Gasteiger charge is -2.16. The van der Waals surface area contributed by atoms with E-state index in [0.717, 1.165) is 74.9 Å². The van der Waals surface area contributed by atoms with E-state index >= 15 is 0 Å². The van der Waals surface area contributed by atoms with E-state index in [4.69, 9.17) is 18.9 Å². The number of unbranched alkanes of at least 4 members (excludes halogenated alkanes) is 1. The van der Waals surface area contributed by atoms with Crippen LogP contribution in [0.1, 0.15) is 24.0 Å². The summed E-state index contributed by atoms with van der Waals surface area (Å²) in [5, 5.41) is 0. The van der Waals surface area contributed by atoms with Crippen molar-refractivity contribution in [2.24, 2.45) is 0 Å². The van der Waals surface area contributed by atoms with Gasteiger partial charge in [0.15, 0.2) is 23.0 Å². The van der Waals surface area contributed by atoms with E-state index in [9.17, 15) is 0 Å². The van der Waals surface area contributed by atoms with Crippen LogP contribution >= 0.6 is 0 Å². The molecule has 0 bridgehead atoms. The highest BCUT2D eigenvalue weighted by Crippen LogP contribution is 2.31. The molecule has 0 amide bonds. The minimum absolute atomic E-state index is 0.577. The maximum Gasteiger partial charge on any atom is 0.161 e. The fourth-order valence-corrected chi connectivity index (χ4v) is 5.66. The van der Waals surface area contributed by atoms with Crippen molar-refractivity contribution in [3.63, 3.8) is 0 Å². The maximum absolute atomic E-state index is 6.26. The average Bonchev–Trinajstić information content (AvgIpc) is 3.95. The molecule has 48 heavy (non-hydrogen) atoms. The Balaban J connectivity index is 1.02. The molecule has 4 heterocycles. The minimum Gasteiger partial charge on any atom is -0.488 e. The van der Waals surface area contributed by atoms with E-state index in [0.29, 0.717) is 26.4 Å². The SMILES string of the molecule is c1ccn(CCOc2ccc(CCCCc3ccc(OCCn4cccc4)c(OCCn4cccc4)c3)cc2OCCn2cccc2)c1. The van der Waals surface area contributed by atoms with Gasteiger partial charge in [-0.1, -0.05) is 12.1 Å². The summed E-state index contributed by atoms with van der Waals surface area (Å²) >= 11 is 0. The smallest absolute Gasteiger partial charge is 0.161 e. The topological polar surface area (TPSA) is 56.6 Å². The molecule has 0 saturated heterocycles. The van der Waals surface area contributed by atoms with Crippen molar-refractivity contribution in [2.45, 2.75) is 51.9 Å². The Hall–Kier alpha value is -5.24. The summed E-state index contributed by atoms with van der Waals surface area (Å²) < 4.78 is 33.3. The Kier molecular flexibility index (Phi) is 12.0. The molecule has 0 N–H and O–H groups in total. The van der Waals surface area contributed by atoms with Crippen LogP contribution in [0.4, 0.5) is 0 Å². The van der Waals surface area contributed by atoms with Gasteiger partial charge >= 0.3 is 0 Å². The molecule has 0 radical (unpaired) electrons. The number of hydrogen-bond donors (Lipinski definition) is 0. The molecule has 250 valence electrons. The van der Waals surface area contributed by atoms with E-state index in [2.05, 4.69) is 104 Å². The first-order chi connectivity index (χ1) is 23.8. The zero-order chi connectivity index (χ0) is 32.6. The predicted molar refractivity (Wildman–Crippen MR) is 189 cm³/mol. The summed E-state index contributed by atoms with van der Waals surface area (Å²) in [6, 6.07) is 29.0. The molecule has 0 spiro atoms. The standard InChI is InChI=1S/C40H46N4O4/c1(11-35-13-15-37(45-29-25-41-17-3-4-18-41)39(33-35)47-31-27-43-21-7-8-22-43)2-12-36-14-16-38(46-30-26-42-19-5-6-20-42)40(34-36)48-32-28-44-23-9-10-24-44/h3-10,13-24,33-34H,1-2,11-12,25-32H2. The van der Waals surface area contributed by atoms with Crippen LogP contribution in [-0.2, 0) is 39.0 Å². The molecule has 6 rings (SSSR count). The van der Waals surface area contributed by atoms with Crippen LogP contribution in [0.15, 0.2) is 135 Å². The molecular weight excluding hydrogens is 600 g/mol. The Bertz CT molecular complexity index is 1600. The van der Waals surface area contributed by atoms with Crippen LogP contribution in [-0.4, -0.2) is 44.7 Å². The largest absolute Gasteiger partial charge is 0.488 e. The van der Waals surface area contributed by atoms with Crippen molar-refractivity contribution < 1.29 is 18.9 Å². The van der Waals surface area contributed by atoms with E-state index < -0.39 is 0 Å². The predicted octanol–water partition coefficient (Wildman–Crippen LogP) is 7.77. The van der Waals surface area contributed by atoms with E-state index in [1.54, 1.807) is 0 Å². The number of aryl methyl sites for hydroxylation is 2. The van der Waals surface area contributed by atoms with Crippen molar-refractivity contribution in [3.05, 3.63) is 146 Å². The van der Waals surface area contributed by atoms with Crippen molar-refractivity contribution in [1.29, 1.82) is 0 Å². The third kappa shape index (κ3) is 10.1. The fraction of sp³-hybridized carbons (Fsp3) is 0.300. The molecule has 0 aliphatic rings. The van der Waals surface area contributed by atoms with Gasteiger partial charge < -0.3 is 37.2 Å². The van der Waals surface area contributed by atoms with Gasteiger partial charge in [0.05, 0.1) is 26.2 Å². The van der Waals surface area contributed by atoms with Crippen molar-refractivity contribution in [1.82, 2.24) is 18.3 Å². The number of benzene rings is 2. The average molecular weight is 647 g/mol. The van der Waals surface area contributed by atoms with Crippen molar-refractivity contribution in [2.75, 3.05) is 26.4 Å². The molecule has 2 aromatic carbocycles. The number of hydrogen-bond acceptors (Lipinski definition) is 4. The second-order valence-corrected chi connectivity index (χ2v) is 11.8. The lowest BCUT2D eigenvalue weighted by molar-refractivity contribution is 0.253. The van der Waals surface area contributed by atoms with Gasteiger partial charge in [0.25, 0.3) is 0 Å². The van der Waals surface area contributed by atoms with Crippen LogP contribution in [0.3, 0.4) is 0 Å². The number of aromatic nitrogens is 4. The number of nitrogens with zero attached hydrogens (tertiary/aromatic N) is 4. The minimum atomic E-state index is 0.577. The molecule has 0 aliphatic carbocycles. The summed E-state index contributed by atoms with van der Waals surface area (Å²) in [6.45, 7) is 5.47. The van der Waals surface area contributed by atoms with Gasteiger partial charge in [-0.3, -0.25) is 0 Å². The Morgan fingerprint density at radius 2 is 0.646 bits per heavy atom. The van der Waals surface area contributed by atoms with E-state index in [1.165, 1.54) is 11.1 Å². The highest BCUT2D eigenvalue weighted by atomic mass is 16.5. The third-order valence-corrected chi connectivity index (χ3v) is 8.29. The highest BCUT2D eigenvalue weighted by Gasteiger charge is 2.10. The lowest BCUT2D eigenvalue weighted by Crippen LogP contribution is -2.10. The van der Waals surface area contributed by atoms with Crippen LogP contribution in [0.5, 0.6) is 23.0 Å². The molecule has 8 nitrogen and oxygen atoms in total. The zero-order valence-electron chi connectivity index (χ0n) is 27.6. The van der Waals surface area contributed by atoms with Crippen LogP contribution in [0, 0.1) is 0 Å². The monoisotopic (exact) mass is 646 g/mol. The van der Waals surface area contributed by atoms with Gasteiger partial charge in [0, 0.05) is 49.6 Å². The molecule has 8 heteroatoms.